The highest BCUT2D eigenvalue weighted by Crippen LogP contribution is 2.38. The number of methoxy groups -OCH3 is 2. The summed E-state index contributed by atoms with van der Waals surface area (Å²) in [5.74, 6) is 2.46. The van der Waals surface area contributed by atoms with Gasteiger partial charge in [-0.1, -0.05) is 16.8 Å². The lowest BCUT2D eigenvalue weighted by Gasteiger charge is -2.22. The molecular formula is C13H14ClN3O3. The standard InChI is InChI=1S/C13H14ClN3O3/c1-18-10-4-7(3-9(14)11(10)19-2)12-16-13(20-17-12)8-5-15-6-8/h3-4,8,15H,5-6H2,1-2H3. The zero-order valence-corrected chi connectivity index (χ0v) is 11.9. The van der Waals surface area contributed by atoms with E-state index in [0.717, 1.165) is 18.7 Å². The summed E-state index contributed by atoms with van der Waals surface area (Å²) in [6.45, 7) is 1.74. The van der Waals surface area contributed by atoms with Gasteiger partial charge in [0, 0.05) is 18.7 Å². The molecule has 1 aromatic carbocycles. The fourth-order valence-corrected chi connectivity index (χ4v) is 2.32. The quantitative estimate of drug-likeness (QED) is 0.931. The summed E-state index contributed by atoms with van der Waals surface area (Å²) in [6.07, 6.45) is 0. The first-order valence-corrected chi connectivity index (χ1v) is 6.57. The van der Waals surface area contributed by atoms with Gasteiger partial charge in [0.15, 0.2) is 11.5 Å². The molecule has 0 amide bonds. The number of nitrogens with zero attached hydrogens (tertiary/aromatic N) is 2. The van der Waals surface area contributed by atoms with Gasteiger partial charge in [-0.3, -0.25) is 0 Å². The third-order valence-corrected chi connectivity index (χ3v) is 3.54. The summed E-state index contributed by atoms with van der Waals surface area (Å²) >= 11 is 6.17. The van der Waals surface area contributed by atoms with Crippen molar-refractivity contribution < 1.29 is 14.0 Å². The van der Waals surface area contributed by atoms with Gasteiger partial charge in [-0.15, -0.1) is 0 Å². The maximum Gasteiger partial charge on any atom is 0.232 e. The molecular weight excluding hydrogens is 282 g/mol. The Bertz CT molecular complexity index is 625. The van der Waals surface area contributed by atoms with Crippen molar-refractivity contribution in [3.8, 4) is 22.9 Å². The number of ether oxygens (including phenoxy) is 2. The van der Waals surface area contributed by atoms with Crippen LogP contribution in [-0.2, 0) is 0 Å². The van der Waals surface area contributed by atoms with Crippen LogP contribution in [0.4, 0.5) is 0 Å². The maximum absolute atomic E-state index is 6.17. The Labute approximate surface area is 121 Å². The van der Waals surface area contributed by atoms with Crippen molar-refractivity contribution in [2.45, 2.75) is 5.92 Å². The first-order chi connectivity index (χ1) is 9.72. The fraction of sp³-hybridized carbons (Fsp3) is 0.385. The van der Waals surface area contributed by atoms with E-state index in [9.17, 15) is 0 Å². The molecule has 1 N–H and O–H groups in total. The highest BCUT2D eigenvalue weighted by Gasteiger charge is 2.25. The Morgan fingerprint density at radius 3 is 2.70 bits per heavy atom. The lowest BCUT2D eigenvalue weighted by molar-refractivity contribution is 0.308. The van der Waals surface area contributed by atoms with Crippen LogP contribution in [0, 0.1) is 0 Å². The van der Waals surface area contributed by atoms with Gasteiger partial charge in [0.2, 0.25) is 11.7 Å². The minimum Gasteiger partial charge on any atom is -0.493 e. The van der Waals surface area contributed by atoms with E-state index in [-0.39, 0.29) is 0 Å². The van der Waals surface area contributed by atoms with E-state index in [1.54, 1.807) is 26.4 Å². The van der Waals surface area contributed by atoms with Crippen molar-refractivity contribution in [3.63, 3.8) is 0 Å². The van der Waals surface area contributed by atoms with Crippen LogP contribution in [0.5, 0.6) is 11.5 Å². The summed E-state index contributed by atoms with van der Waals surface area (Å²) in [6, 6.07) is 3.51. The molecule has 1 saturated heterocycles. The van der Waals surface area contributed by atoms with Crippen LogP contribution in [0.15, 0.2) is 16.7 Å². The summed E-state index contributed by atoms with van der Waals surface area (Å²) in [5, 5.41) is 7.60. The van der Waals surface area contributed by atoms with E-state index in [1.807, 2.05) is 0 Å². The van der Waals surface area contributed by atoms with Crippen LogP contribution in [0.1, 0.15) is 11.8 Å². The highest BCUT2D eigenvalue weighted by atomic mass is 35.5. The average molecular weight is 296 g/mol. The molecule has 0 spiro atoms. The van der Waals surface area contributed by atoms with Gasteiger partial charge >= 0.3 is 0 Å². The normalized spacial score (nSPS) is 14.9. The van der Waals surface area contributed by atoms with Crippen LogP contribution >= 0.6 is 11.6 Å². The van der Waals surface area contributed by atoms with Crippen LogP contribution in [0.25, 0.3) is 11.4 Å². The second-order valence-electron chi connectivity index (χ2n) is 4.50. The van der Waals surface area contributed by atoms with Gasteiger partial charge < -0.3 is 19.3 Å². The monoisotopic (exact) mass is 295 g/mol. The van der Waals surface area contributed by atoms with Gasteiger partial charge in [-0.2, -0.15) is 4.98 Å². The van der Waals surface area contributed by atoms with E-state index >= 15 is 0 Å². The second-order valence-corrected chi connectivity index (χ2v) is 4.91. The second kappa shape index (κ2) is 5.30. The van der Waals surface area contributed by atoms with Gasteiger partial charge in [0.1, 0.15) is 0 Å². The SMILES string of the molecule is COc1cc(-c2noc(C3CNC3)n2)cc(Cl)c1OC. The number of halogens is 1. The summed E-state index contributed by atoms with van der Waals surface area (Å²) in [7, 11) is 3.10. The first-order valence-electron chi connectivity index (χ1n) is 6.19. The van der Waals surface area contributed by atoms with Crippen molar-refractivity contribution in [1.29, 1.82) is 0 Å². The molecule has 20 heavy (non-hydrogen) atoms. The predicted octanol–water partition coefficient (Wildman–Crippen LogP) is 2.09. The van der Waals surface area contributed by atoms with Gasteiger partial charge in [-0.25, -0.2) is 0 Å². The lowest BCUT2D eigenvalue weighted by Crippen LogP contribution is -2.40. The summed E-state index contributed by atoms with van der Waals surface area (Å²) < 4.78 is 15.7. The van der Waals surface area contributed by atoms with Gasteiger partial charge in [0.05, 0.1) is 25.2 Å². The average Bonchev–Trinajstić information content (AvgIpc) is 2.85. The zero-order valence-electron chi connectivity index (χ0n) is 11.1. The fourth-order valence-electron chi connectivity index (χ4n) is 2.03. The maximum atomic E-state index is 6.17. The Morgan fingerprint density at radius 1 is 1.30 bits per heavy atom. The van der Waals surface area contributed by atoms with Crippen molar-refractivity contribution in [2.24, 2.45) is 0 Å². The molecule has 2 heterocycles. The highest BCUT2D eigenvalue weighted by molar-refractivity contribution is 6.32. The van der Waals surface area contributed by atoms with Crippen LogP contribution in [-0.4, -0.2) is 37.4 Å². The number of benzene rings is 1. The molecule has 2 aromatic rings. The predicted molar refractivity (Wildman–Crippen MR) is 73.5 cm³/mol. The zero-order chi connectivity index (χ0) is 14.1. The van der Waals surface area contributed by atoms with Crippen molar-refractivity contribution >= 4 is 11.6 Å². The van der Waals surface area contributed by atoms with E-state index in [4.69, 9.17) is 25.6 Å². The molecule has 0 radical (unpaired) electrons. The molecule has 106 valence electrons. The number of hydrogen-bond donors (Lipinski definition) is 1. The Kier molecular flexibility index (Phi) is 3.50. The minimum atomic E-state index is 0.298. The first kappa shape index (κ1) is 13.2. The van der Waals surface area contributed by atoms with E-state index in [1.165, 1.54) is 0 Å². The van der Waals surface area contributed by atoms with E-state index < -0.39 is 0 Å². The number of nitrogens with one attached hydrogen (secondary N) is 1. The molecule has 1 aliphatic rings. The largest absolute Gasteiger partial charge is 0.493 e. The van der Waals surface area contributed by atoms with Crippen molar-refractivity contribution in [2.75, 3.05) is 27.3 Å². The molecule has 1 aromatic heterocycles. The topological polar surface area (TPSA) is 69.4 Å². The van der Waals surface area contributed by atoms with Crippen LogP contribution in [0.2, 0.25) is 5.02 Å². The number of aromatic nitrogens is 2. The number of rotatable bonds is 4. The third-order valence-electron chi connectivity index (χ3n) is 3.26. The van der Waals surface area contributed by atoms with E-state index in [0.29, 0.717) is 34.2 Å². The van der Waals surface area contributed by atoms with Crippen LogP contribution in [0.3, 0.4) is 0 Å². The Hall–Kier alpha value is -1.79. The summed E-state index contributed by atoms with van der Waals surface area (Å²) in [4.78, 5) is 4.40. The molecule has 1 fully saturated rings. The molecule has 0 aliphatic carbocycles. The van der Waals surface area contributed by atoms with Crippen molar-refractivity contribution in [3.05, 3.63) is 23.0 Å². The molecule has 1 aliphatic heterocycles. The summed E-state index contributed by atoms with van der Waals surface area (Å²) in [5.41, 5.74) is 0.731. The molecule has 3 rings (SSSR count). The molecule has 6 nitrogen and oxygen atoms in total. The minimum absolute atomic E-state index is 0.298. The van der Waals surface area contributed by atoms with Crippen molar-refractivity contribution in [1.82, 2.24) is 15.5 Å². The van der Waals surface area contributed by atoms with Crippen LogP contribution < -0.4 is 14.8 Å². The third kappa shape index (κ3) is 2.21. The Morgan fingerprint density at radius 2 is 2.10 bits per heavy atom. The van der Waals surface area contributed by atoms with E-state index in [2.05, 4.69) is 15.5 Å². The molecule has 0 bridgehead atoms. The van der Waals surface area contributed by atoms with Gasteiger partial charge in [0.25, 0.3) is 0 Å². The molecule has 0 unspecified atom stereocenters. The Balaban J connectivity index is 1.96. The lowest BCUT2D eigenvalue weighted by atomic mass is 10.0. The van der Waals surface area contributed by atoms with Gasteiger partial charge in [-0.05, 0) is 12.1 Å². The molecule has 7 heteroatoms. The molecule has 0 atom stereocenters. The number of hydrogen-bond acceptors (Lipinski definition) is 6. The smallest absolute Gasteiger partial charge is 0.232 e. The molecule has 0 saturated carbocycles.